The molecular formula is C6H8Br2. The zero-order chi connectivity index (χ0) is 6.41. The Balaban J connectivity index is 3.61. The third-order valence-corrected chi connectivity index (χ3v) is 1.51. The molecule has 0 rings (SSSR count). The van der Waals surface area contributed by atoms with Crippen LogP contribution in [0.4, 0.5) is 0 Å². The first-order valence-corrected chi connectivity index (χ1v) is 4.27. The van der Waals surface area contributed by atoms with Crippen LogP contribution in [0.3, 0.4) is 0 Å². The van der Waals surface area contributed by atoms with Gasteiger partial charge in [-0.2, -0.15) is 0 Å². The lowest BCUT2D eigenvalue weighted by molar-refractivity contribution is 1.69. The Morgan fingerprint density at radius 1 is 1.62 bits per heavy atom. The van der Waals surface area contributed by atoms with Gasteiger partial charge in [-0.25, -0.2) is 0 Å². The monoisotopic (exact) mass is 238 g/mol. The maximum absolute atomic E-state index is 3.34. The van der Waals surface area contributed by atoms with E-state index in [1.165, 1.54) is 0 Å². The van der Waals surface area contributed by atoms with Crippen molar-refractivity contribution in [3.05, 3.63) is 22.7 Å². The molecule has 0 nitrogen and oxygen atoms in total. The summed E-state index contributed by atoms with van der Waals surface area (Å²) in [5.41, 5.74) is 0. The van der Waals surface area contributed by atoms with Crippen LogP contribution < -0.4 is 0 Å². The Bertz CT molecular complexity index is 103. The highest BCUT2D eigenvalue weighted by atomic mass is 79.9. The minimum absolute atomic E-state index is 0.901. The first-order chi connectivity index (χ1) is 3.81. The Morgan fingerprint density at radius 2 is 2.25 bits per heavy atom. The predicted octanol–water partition coefficient (Wildman–Crippen LogP) is 3.24. The molecule has 0 amide bonds. The third-order valence-electron chi connectivity index (χ3n) is 0.598. The Labute approximate surface area is 66.9 Å². The van der Waals surface area contributed by atoms with E-state index in [-0.39, 0.29) is 0 Å². The summed E-state index contributed by atoms with van der Waals surface area (Å²) in [7, 11) is 0. The van der Waals surface area contributed by atoms with Gasteiger partial charge in [0.15, 0.2) is 0 Å². The fraction of sp³-hybridized carbons (Fsp3) is 0.333. The van der Waals surface area contributed by atoms with Crippen molar-refractivity contribution in [1.29, 1.82) is 0 Å². The van der Waals surface area contributed by atoms with Gasteiger partial charge >= 0.3 is 0 Å². The summed E-state index contributed by atoms with van der Waals surface area (Å²) in [6, 6.07) is 0. The molecule has 0 aromatic carbocycles. The smallest absolute Gasteiger partial charge is 0.0225 e. The lowest BCUT2D eigenvalue weighted by Gasteiger charge is -1.82. The molecule has 0 saturated carbocycles. The average molecular weight is 240 g/mol. The second-order valence-electron chi connectivity index (χ2n) is 1.24. The molecule has 0 saturated heterocycles. The van der Waals surface area contributed by atoms with Crippen LogP contribution in [0.25, 0.3) is 0 Å². The molecule has 0 aliphatic carbocycles. The van der Waals surface area contributed by atoms with Crippen LogP contribution in [0.5, 0.6) is 0 Å². The fourth-order valence-corrected chi connectivity index (χ4v) is 1.51. The zero-order valence-electron chi connectivity index (χ0n) is 4.70. The first kappa shape index (κ1) is 8.44. The number of hydrogen-bond donors (Lipinski definition) is 0. The second-order valence-corrected chi connectivity index (χ2v) is 2.81. The molecule has 0 N–H and O–H groups in total. The van der Waals surface area contributed by atoms with E-state index >= 15 is 0 Å². The van der Waals surface area contributed by atoms with Crippen molar-refractivity contribution in [2.45, 2.75) is 6.92 Å². The van der Waals surface area contributed by atoms with Crippen LogP contribution in [-0.4, -0.2) is 5.33 Å². The van der Waals surface area contributed by atoms with Crippen molar-refractivity contribution in [1.82, 2.24) is 0 Å². The van der Waals surface area contributed by atoms with Gasteiger partial charge in [-0.1, -0.05) is 50.1 Å². The van der Waals surface area contributed by atoms with Crippen LogP contribution in [0, 0.1) is 0 Å². The number of halogens is 2. The highest BCUT2D eigenvalue weighted by molar-refractivity contribution is 9.12. The molecule has 0 heterocycles. The predicted molar refractivity (Wildman–Crippen MR) is 45.6 cm³/mol. The van der Waals surface area contributed by atoms with Crippen LogP contribution in [0.2, 0.25) is 0 Å². The van der Waals surface area contributed by atoms with Crippen LogP contribution in [0.15, 0.2) is 22.7 Å². The largest absolute Gasteiger partial charge is 0.0882 e. The maximum Gasteiger partial charge on any atom is 0.0225 e. The van der Waals surface area contributed by atoms with Crippen molar-refractivity contribution in [2.24, 2.45) is 0 Å². The highest BCUT2D eigenvalue weighted by Crippen LogP contribution is 2.06. The third kappa shape index (κ3) is 4.60. The van der Waals surface area contributed by atoms with Gasteiger partial charge < -0.3 is 0 Å². The summed E-state index contributed by atoms with van der Waals surface area (Å²) >= 11 is 6.62. The minimum Gasteiger partial charge on any atom is -0.0882 e. The van der Waals surface area contributed by atoms with E-state index in [1.807, 2.05) is 25.2 Å². The summed E-state index contributed by atoms with van der Waals surface area (Å²) in [6.07, 6.45) is 6.03. The van der Waals surface area contributed by atoms with E-state index in [0.29, 0.717) is 0 Å². The molecule has 0 spiro atoms. The number of hydrogen-bond acceptors (Lipinski definition) is 0. The molecule has 46 valence electrons. The van der Waals surface area contributed by atoms with Gasteiger partial charge in [-0.3, -0.25) is 0 Å². The van der Waals surface area contributed by atoms with Crippen LogP contribution in [0.1, 0.15) is 6.92 Å². The van der Waals surface area contributed by atoms with Gasteiger partial charge in [0.25, 0.3) is 0 Å². The summed E-state index contributed by atoms with van der Waals surface area (Å²) in [5.74, 6) is 0. The van der Waals surface area contributed by atoms with Gasteiger partial charge in [0, 0.05) is 9.81 Å². The van der Waals surface area contributed by atoms with E-state index in [1.54, 1.807) is 0 Å². The molecule has 0 bridgehead atoms. The summed E-state index contributed by atoms with van der Waals surface area (Å²) in [6.45, 7) is 1.99. The normalized spacial score (nSPS) is 13.1. The molecule has 0 atom stereocenters. The molecule has 0 aliphatic heterocycles. The van der Waals surface area contributed by atoms with E-state index in [0.717, 1.165) is 9.81 Å². The molecule has 2 heteroatoms. The summed E-state index contributed by atoms with van der Waals surface area (Å²) < 4.78 is 1.12. The van der Waals surface area contributed by atoms with Gasteiger partial charge in [-0.05, 0) is 6.92 Å². The Hall–Kier alpha value is 0.440. The fourth-order valence-electron chi connectivity index (χ4n) is 0.301. The van der Waals surface area contributed by atoms with Crippen LogP contribution in [-0.2, 0) is 0 Å². The quantitative estimate of drug-likeness (QED) is 0.513. The Kier molecular flexibility index (Phi) is 5.88. The van der Waals surface area contributed by atoms with Crippen LogP contribution >= 0.6 is 31.9 Å². The number of rotatable bonds is 2. The molecule has 0 aromatic rings. The molecule has 0 aromatic heterocycles. The number of alkyl halides is 1. The number of allylic oxidation sites excluding steroid dienone is 4. The van der Waals surface area contributed by atoms with Gasteiger partial charge in [0.05, 0.1) is 0 Å². The van der Waals surface area contributed by atoms with Crippen molar-refractivity contribution >= 4 is 31.9 Å². The zero-order valence-corrected chi connectivity index (χ0v) is 7.87. The molecule has 0 aliphatic rings. The van der Waals surface area contributed by atoms with Gasteiger partial charge in [0.1, 0.15) is 0 Å². The summed E-state index contributed by atoms with van der Waals surface area (Å²) in [4.78, 5) is 0. The standard InChI is InChI=1S/C6H8Br2/c1-2-3-6(8)4-5-7/h2-4H,5H2,1H3/b3-2-,6-4+. The van der Waals surface area contributed by atoms with Crippen molar-refractivity contribution < 1.29 is 0 Å². The SMILES string of the molecule is C/C=C\C(Br)=C/CBr. The molecule has 0 fully saturated rings. The van der Waals surface area contributed by atoms with E-state index < -0.39 is 0 Å². The lowest BCUT2D eigenvalue weighted by atomic mass is 10.5. The van der Waals surface area contributed by atoms with E-state index in [9.17, 15) is 0 Å². The summed E-state index contributed by atoms with van der Waals surface area (Å²) in [5, 5.41) is 0.901. The topological polar surface area (TPSA) is 0 Å². The minimum atomic E-state index is 0.901. The first-order valence-electron chi connectivity index (χ1n) is 2.35. The van der Waals surface area contributed by atoms with Crippen molar-refractivity contribution in [3.8, 4) is 0 Å². The molecule has 0 radical (unpaired) electrons. The molecule has 0 unspecified atom stereocenters. The van der Waals surface area contributed by atoms with E-state index in [4.69, 9.17) is 0 Å². The maximum atomic E-state index is 3.34. The molecule has 8 heavy (non-hydrogen) atoms. The van der Waals surface area contributed by atoms with Gasteiger partial charge in [-0.15, -0.1) is 0 Å². The van der Waals surface area contributed by atoms with Crippen molar-refractivity contribution in [3.63, 3.8) is 0 Å². The van der Waals surface area contributed by atoms with E-state index in [2.05, 4.69) is 31.9 Å². The Morgan fingerprint density at radius 3 is 2.62 bits per heavy atom. The average Bonchev–Trinajstić information content (AvgIpc) is 1.68. The lowest BCUT2D eigenvalue weighted by Crippen LogP contribution is -1.62. The van der Waals surface area contributed by atoms with Crippen molar-refractivity contribution in [2.75, 3.05) is 5.33 Å². The van der Waals surface area contributed by atoms with Gasteiger partial charge in [0.2, 0.25) is 0 Å². The molecular weight excluding hydrogens is 232 g/mol. The second kappa shape index (κ2) is 5.57. The highest BCUT2D eigenvalue weighted by Gasteiger charge is 1.77.